The predicted molar refractivity (Wildman–Crippen MR) is 57.9 cm³/mol. The molecule has 0 aliphatic carbocycles. The number of rotatable bonds is 2. The van der Waals surface area contributed by atoms with Gasteiger partial charge in [0.1, 0.15) is 0 Å². The van der Waals surface area contributed by atoms with E-state index in [0.29, 0.717) is 18.1 Å². The van der Waals surface area contributed by atoms with Crippen LogP contribution < -0.4 is 5.32 Å². The highest BCUT2D eigenvalue weighted by molar-refractivity contribution is 4.85. The second-order valence-electron chi connectivity index (χ2n) is 4.84. The summed E-state index contributed by atoms with van der Waals surface area (Å²) in [7, 11) is 0. The van der Waals surface area contributed by atoms with Crippen molar-refractivity contribution in [1.82, 2.24) is 10.2 Å². The zero-order chi connectivity index (χ0) is 10.0. The molecule has 1 fully saturated rings. The van der Waals surface area contributed by atoms with Crippen molar-refractivity contribution in [2.24, 2.45) is 5.92 Å². The Labute approximate surface area is 82.7 Å². The molecule has 3 atom stereocenters. The van der Waals surface area contributed by atoms with Gasteiger partial charge in [-0.2, -0.15) is 0 Å². The predicted octanol–water partition coefficient (Wildman–Crippen LogP) is 1.71. The van der Waals surface area contributed by atoms with Gasteiger partial charge in [0.05, 0.1) is 0 Å². The van der Waals surface area contributed by atoms with Gasteiger partial charge in [0.2, 0.25) is 0 Å². The molecule has 1 saturated heterocycles. The van der Waals surface area contributed by atoms with E-state index in [-0.39, 0.29) is 0 Å². The van der Waals surface area contributed by atoms with Crippen LogP contribution in [0.15, 0.2) is 0 Å². The number of nitrogens with zero attached hydrogens (tertiary/aromatic N) is 1. The molecule has 0 radical (unpaired) electrons. The van der Waals surface area contributed by atoms with Crippen molar-refractivity contribution in [3.63, 3.8) is 0 Å². The fourth-order valence-electron chi connectivity index (χ4n) is 2.00. The van der Waals surface area contributed by atoms with Gasteiger partial charge in [-0.1, -0.05) is 13.8 Å². The van der Waals surface area contributed by atoms with Crippen molar-refractivity contribution in [3.05, 3.63) is 0 Å². The lowest BCUT2D eigenvalue weighted by Crippen LogP contribution is -2.57. The molecule has 0 aromatic carbocycles. The van der Waals surface area contributed by atoms with E-state index in [1.807, 2.05) is 0 Å². The van der Waals surface area contributed by atoms with E-state index >= 15 is 0 Å². The Morgan fingerprint density at radius 3 is 2.38 bits per heavy atom. The summed E-state index contributed by atoms with van der Waals surface area (Å²) in [6.07, 6.45) is 0. The fraction of sp³-hybridized carbons (Fsp3) is 1.00. The van der Waals surface area contributed by atoms with Crippen LogP contribution in [-0.2, 0) is 0 Å². The molecule has 1 heterocycles. The molecule has 13 heavy (non-hydrogen) atoms. The molecule has 1 rings (SSSR count). The van der Waals surface area contributed by atoms with Crippen LogP contribution in [0.5, 0.6) is 0 Å². The van der Waals surface area contributed by atoms with E-state index in [1.165, 1.54) is 6.54 Å². The SMILES string of the molecule is CC1CN(C(C)C(C)C)C(C)CN1. The molecule has 0 saturated carbocycles. The Bertz CT molecular complexity index is 156. The first-order valence-corrected chi connectivity index (χ1v) is 5.51. The number of hydrogen-bond donors (Lipinski definition) is 1. The van der Waals surface area contributed by atoms with Crippen LogP contribution >= 0.6 is 0 Å². The summed E-state index contributed by atoms with van der Waals surface area (Å²) < 4.78 is 0. The van der Waals surface area contributed by atoms with Gasteiger partial charge >= 0.3 is 0 Å². The summed E-state index contributed by atoms with van der Waals surface area (Å²) in [5, 5.41) is 3.51. The van der Waals surface area contributed by atoms with Crippen LogP contribution in [0.2, 0.25) is 0 Å². The van der Waals surface area contributed by atoms with E-state index in [4.69, 9.17) is 0 Å². The van der Waals surface area contributed by atoms with E-state index in [2.05, 4.69) is 44.8 Å². The first-order valence-electron chi connectivity index (χ1n) is 5.51. The molecule has 0 spiro atoms. The molecule has 0 aromatic rings. The Morgan fingerprint density at radius 2 is 1.85 bits per heavy atom. The second kappa shape index (κ2) is 4.43. The van der Waals surface area contributed by atoms with Crippen LogP contribution in [0.25, 0.3) is 0 Å². The molecule has 0 amide bonds. The lowest BCUT2D eigenvalue weighted by Gasteiger charge is -2.42. The minimum absolute atomic E-state index is 0.650. The normalized spacial score (nSPS) is 33.7. The van der Waals surface area contributed by atoms with E-state index in [1.54, 1.807) is 0 Å². The van der Waals surface area contributed by atoms with Crippen molar-refractivity contribution in [2.75, 3.05) is 13.1 Å². The third-order valence-electron chi connectivity index (χ3n) is 3.30. The Balaban J connectivity index is 2.54. The maximum Gasteiger partial charge on any atom is 0.0196 e. The van der Waals surface area contributed by atoms with Crippen LogP contribution in [0.3, 0.4) is 0 Å². The van der Waals surface area contributed by atoms with Crippen molar-refractivity contribution in [2.45, 2.75) is 52.7 Å². The monoisotopic (exact) mass is 184 g/mol. The highest BCUT2D eigenvalue weighted by Crippen LogP contribution is 2.16. The fourth-order valence-corrected chi connectivity index (χ4v) is 2.00. The van der Waals surface area contributed by atoms with Gasteiger partial charge in [0.15, 0.2) is 0 Å². The van der Waals surface area contributed by atoms with Crippen LogP contribution in [0.4, 0.5) is 0 Å². The second-order valence-corrected chi connectivity index (χ2v) is 4.84. The van der Waals surface area contributed by atoms with Crippen molar-refractivity contribution >= 4 is 0 Å². The molecule has 78 valence electrons. The minimum atomic E-state index is 0.650. The molecule has 3 unspecified atom stereocenters. The molecular weight excluding hydrogens is 160 g/mol. The summed E-state index contributed by atoms with van der Waals surface area (Å²) in [5.74, 6) is 0.757. The van der Waals surface area contributed by atoms with E-state index < -0.39 is 0 Å². The van der Waals surface area contributed by atoms with Gasteiger partial charge in [-0.25, -0.2) is 0 Å². The Kier molecular flexibility index (Phi) is 3.74. The van der Waals surface area contributed by atoms with Gasteiger partial charge in [-0.3, -0.25) is 4.90 Å². The quantitative estimate of drug-likeness (QED) is 0.703. The van der Waals surface area contributed by atoms with E-state index in [0.717, 1.165) is 12.5 Å². The van der Waals surface area contributed by atoms with Gasteiger partial charge in [-0.05, 0) is 26.7 Å². The maximum atomic E-state index is 3.51. The third kappa shape index (κ3) is 2.68. The lowest BCUT2D eigenvalue weighted by molar-refractivity contribution is 0.0800. The summed E-state index contributed by atoms with van der Waals surface area (Å²) in [6, 6.07) is 2.05. The van der Waals surface area contributed by atoms with Crippen molar-refractivity contribution < 1.29 is 0 Å². The zero-order valence-electron chi connectivity index (χ0n) is 9.67. The summed E-state index contributed by atoms with van der Waals surface area (Å²) in [6.45, 7) is 13.9. The first kappa shape index (κ1) is 11.0. The average molecular weight is 184 g/mol. The standard InChI is InChI=1S/C11H24N2/c1-8(2)11(5)13-7-9(3)12-6-10(13)4/h8-12H,6-7H2,1-5H3. The Morgan fingerprint density at radius 1 is 1.23 bits per heavy atom. The smallest absolute Gasteiger partial charge is 0.0196 e. The molecule has 0 bridgehead atoms. The van der Waals surface area contributed by atoms with Crippen LogP contribution in [0.1, 0.15) is 34.6 Å². The Hall–Kier alpha value is -0.0800. The molecule has 2 heteroatoms. The summed E-state index contributed by atoms with van der Waals surface area (Å²) in [5.41, 5.74) is 0. The van der Waals surface area contributed by atoms with Crippen molar-refractivity contribution in [3.8, 4) is 0 Å². The number of nitrogens with one attached hydrogen (secondary N) is 1. The maximum absolute atomic E-state index is 3.51. The highest BCUT2D eigenvalue weighted by Gasteiger charge is 2.27. The van der Waals surface area contributed by atoms with Crippen molar-refractivity contribution in [1.29, 1.82) is 0 Å². The lowest BCUT2D eigenvalue weighted by atomic mass is 10.00. The number of piperazine rings is 1. The highest BCUT2D eigenvalue weighted by atomic mass is 15.2. The minimum Gasteiger partial charge on any atom is -0.311 e. The first-order chi connectivity index (χ1) is 6.02. The van der Waals surface area contributed by atoms with Crippen LogP contribution in [0, 0.1) is 5.92 Å². The topological polar surface area (TPSA) is 15.3 Å². The summed E-state index contributed by atoms with van der Waals surface area (Å²) >= 11 is 0. The third-order valence-corrected chi connectivity index (χ3v) is 3.30. The van der Waals surface area contributed by atoms with Gasteiger partial charge in [0.25, 0.3) is 0 Å². The molecular formula is C11H24N2. The van der Waals surface area contributed by atoms with E-state index in [9.17, 15) is 0 Å². The van der Waals surface area contributed by atoms with Gasteiger partial charge < -0.3 is 5.32 Å². The van der Waals surface area contributed by atoms with Crippen LogP contribution in [-0.4, -0.2) is 36.1 Å². The molecule has 1 aliphatic heterocycles. The molecule has 1 N–H and O–H groups in total. The largest absolute Gasteiger partial charge is 0.311 e. The van der Waals surface area contributed by atoms with Gasteiger partial charge in [-0.15, -0.1) is 0 Å². The molecule has 1 aliphatic rings. The molecule has 2 nitrogen and oxygen atoms in total. The summed E-state index contributed by atoms with van der Waals surface area (Å²) in [4.78, 5) is 2.63. The molecule has 0 aromatic heterocycles. The van der Waals surface area contributed by atoms with Gasteiger partial charge in [0, 0.05) is 31.2 Å². The zero-order valence-corrected chi connectivity index (χ0v) is 9.67. The number of hydrogen-bond acceptors (Lipinski definition) is 2. The average Bonchev–Trinajstić information content (AvgIpc) is 2.08.